The number of hydrogen-bond acceptors (Lipinski definition) is 3. The van der Waals surface area contributed by atoms with E-state index in [-0.39, 0.29) is 24.2 Å². The summed E-state index contributed by atoms with van der Waals surface area (Å²) in [4.78, 5) is 29.2. The molecule has 0 atom stereocenters. The lowest BCUT2D eigenvalue weighted by atomic mass is 9.97. The number of halogens is 1. The molecule has 1 aliphatic carbocycles. The van der Waals surface area contributed by atoms with E-state index in [2.05, 4.69) is 11.4 Å². The van der Waals surface area contributed by atoms with Crippen molar-refractivity contribution in [2.24, 2.45) is 0 Å². The second-order valence-electron chi connectivity index (χ2n) is 9.30. The summed E-state index contributed by atoms with van der Waals surface area (Å²) in [6.07, 6.45) is 9.82. The Morgan fingerprint density at radius 2 is 1.78 bits per heavy atom. The lowest BCUT2D eigenvalue weighted by molar-refractivity contribution is -0.114. The SMILES string of the molecule is O=C(NCCC1=CCCCC1)c1ccc(C=C2Sc3ccccc3N(Cc3ccccc3F)C2=O)cc1. The number of allylic oxidation sites excluding steroid dienone is 1. The molecule has 5 rings (SSSR count). The van der Waals surface area contributed by atoms with Gasteiger partial charge in [-0.15, -0.1) is 0 Å². The first-order valence-corrected chi connectivity index (χ1v) is 13.5. The maximum atomic E-state index is 14.4. The number of rotatable bonds is 7. The molecule has 0 saturated carbocycles. The van der Waals surface area contributed by atoms with Gasteiger partial charge in [-0.25, -0.2) is 4.39 Å². The average Bonchev–Trinajstić information content (AvgIpc) is 2.93. The zero-order valence-corrected chi connectivity index (χ0v) is 21.4. The molecule has 0 fully saturated rings. The monoisotopic (exact) mass is 512 g/mol. The number of amides is 2. The van der Waals surface area contributed by atoms with Crippen LogP contribution in [0.15, 0.2) is 94.2 Å². The fourth-order valence-corrected chi connectivity index (χ4v) is 5.73. The first-order chi connectivity index (χ1) is 18.1. The average molecular weight is 513 g/mol. The smallest absolute Gasteiger partial charge is 0.265 e. The maximum Gasteiger partial charge on any atom is 0.265 e. The van der Waals surface area contributed by atoms with Crippen LogP contribution >= 0.6 is 11.8 Å². The summed E-state index contributed by atoms with van der Waals surface area (Å²) >= 11 is 1.41. The normalized spacial score (nSPS) is 16.4. The van der Waals surface area contributed by atoms with Crippen LogP contribution < -0.4 is 10.2 Å². The molecule has 4 nitrogen and oxygen atoms in total. The van der Waals surface area contributed by atoms with Gasteiger partial charge in [0.1, 0.15) is 5.82 Å². The van der Waals surface area contributed by atoms with E-state index in [0.717, 1.165) is 35.4 Å². The number of thioether (sulfide) groups is 1. The Labute approximate surface area is 221 Å². The van der Waals surface area contributed by atoms with Gasteiger partial charge in [-0.05, 0) is 74.1 Å². The number of nitrogens with one attached hydrogen (secondary N) is 1. The largest absolute Gasteiger partial charge is 0.352 e. The molecule has 1 heterocycles. The molecular weight excluding hydrogens is 483 g/mol. The molecule has 0 aromatic heterocycles. The second kappa shape index (κ2) is 11.6. The molecule has 3 aromatic carbocycles. The number of hydrogen-bond donors (Lipinski definition) is 1. The number of para-hydroxylation sites is 1. The molecule has 1 aliphatic heterocycles. The topological polar surface area (TPSA) is 49.4 Å². The summed E-state index contributed by atoms with van der Waals surface area (Å²) in [5.74, 6) is -0.602. The number of benzene rings is 3. The lowest BCUT2D eigenvalue weighted by Crippen LogP contribution is -2.34. The van der Waals surface area contributed by atoms with Crippen molar-refractivity contribution in [3.8, 4) is 0 Å². The van der Waals surface area contributed by atoms with E-state index >= 15 is 0 Å². The summed E-state index contributed by atoms with van der Waals surface area (Å²) < 4.78 is 14.4. The van der Waals surface area contributed by atoms with Gasteiger partial charge in [-0.1, -0.05) is 65.9 Å². The van der Waals surface area contributed by atoms with Gasteiger partial charge in [-0.2, -0.15) is 0 Å². The Morgan fingerprint density at radius 3 is 2.57 bits per heavy atom. The fourth-order valence-electron chi connectivity index (χ4n) is 4.67. The second-order valence-corrected chi connectivity index (χ2v) is 10.4. The minimum Gasteiger partial charge on any atom is -0.352 e. The highest BCUT2D eigenvalue weighted by Crippen LogP contribution is 2.42. The zero-order valence-electron chi connectivity index (χ0n) is 20.6. The molecule has 188 valence electrons. The van der Waals surface area contributed by atoms with Crippen LogP contribution in [0.1, 0.15) is 53.6 Å². The third-order valence-corrected chi connectivity index (χ3v) is 7.78. The van der Waals surface area contributed by atoms with Gasteiger partial charge in [0.05, 0.1) is 17.1 Å². The van der Waals surface area contributed by atoms with Crippen LogP contribution in [-0.2, 0) is 11.3 Å². The molecule has 2 amide bonds. The van der Waals surface area contributed by atoms with Gasteiger partial charge in [0, 0.05) is 22.6 Å². The van der Waals surface area contributed by atoms with E-state index in [1.807, 2.05) is 42.5 Å². The summed E-state index contributed by atoms with van der Waals surface area (Å²) in [6.45, 7) is 0.787. The van der Waals surface area contributed by atoms with E-state index in [1.165, 1.54) is 36.2 Å². The van der Waals surface area contributed by atoms with Crippen LogP contribution in [0.5, 0.6) is 0 Å². The molecule has 37 heavy (non-hydrogen) atoms. The number of nitrogens with zero attached hydrogens (tertiary/aromatic N) is 1. The summed E-state index contributed by atoms with van der Waals surface area (Å²) in [6, 6.07) is 21.4. The molecule has 3 aromatic rings. The molecule has 0 bridgehead atoms. The predicted octanol–water partition coefficient (Wildman–Crippen LogP) is 7.13. The Balaban J connectivity index is 1.29. The van der Waals surface area contributed by atoms with Crippen LogP contribution in [0.25, 0.3) is 6.08 Å². The van der Waals surface area contributed by atoms with E-state index in [4.69, 9.17) is 0 Å². The molecule has 0 radical (unpaired) electrons. The van der Waals surface area contributed by atoms with Gasteiger partial charge in [0.15, 0.2) is 0 Å². The lowest BCUT2D eigenvalue weighted by Gasteiger charge is -2.30. The number of carbonyl (C=O) groups excluding carboxylic acids is 2. The van der Waals surface area contributed by atoms with Crippen molar-refractivity contribution < 1.29 is 14.0 Å². The fraction of sp³-hybridized carbons (Fsp3) is 0.226. The number of fused-ring (bicyclic) bond motifs is 1. The standard InChI is InChI=1S/C31H29FN2O2S/c32-26-11-5-4-10-25(26)21-34-27-12-6-7-13-28(27)37-29(31(34)36)20-23-14-16-24(17-15-23)30(35)33-19-18-22-8-2-1-3-9-22/h4-8,10-17,20H,1-3,9,18-19,21H2,(H,33,35). The van der Waals surface area contributed by atoms with Crippen LogP contribution in [0, 0.1) is 5.82 Å². The number of carbonyl (C=O) groups is 2. The predicted molar refractivity (Wildman–Crippen MR) is 148 cm³/mol. The zero-order chi connectivity index (χ0) is 25.6. The van der Waals surface area contributed by atoms with Crippen molar-refractivity contribution in [2.45, 2.75) is 43.5 Å². The van der Waals surface area contributed by atoms with E-state index in [1.54, 1.807) is 35.2 Å². The Kier molecular flexibility index (Phi) is 7.85. The Bertz CT molecular complexity index is 1360. The van der Waals surface area contributed by atoms with Crippen LogP contribution in [0.2, 0.25) is 0 Å². The van der Waals surface area contributed by atoms with E-state index < -0.39 is 0 Å². The minimum absolute atomic E-state index is 0.0938. The third-order valence-electron chi connectivity index (χ3n) is 6.71. The van der Waals surface area contributed by atoms with Crippen LogP contribution in [0.4, 0.5) is 10.1 Å². The quantitative estimate of drug-likeness (QED) is 0.271. The van der Waals surface area contributed by atoms with E-state index in [9.17, 15) is 14.0 Å². The molecule has 6 heteroatoms. The van der Waals surface area contributed by atoms with Gasteiger partial charge < -0.3 is 10.2 Å². The van der Waals surface area contributed by atoms with Gasteiger partial charge >= 0.3 is 0 Å². The minimum atomic E-state index is -0.333. The molecule has 0 unspecified atom stereocenters. The summed E-state index contributed by atoms with van der Waals surface area (Å²) in [5, 5.41) is 3.01. The Morgan fingerprint density at radius 1 is 1.00 bits per heavy atom. The molecule has 0 saturated heterocycles. The highest BCUT2D eigenvalue weighted by atomic mass is 32.2. The van der Waals surface area contributed by atoms with Crippen LogP contribution in [0.3, 0.4) is 0 Å². The molecule has 0 spiro atoms. The molecule has 1 N–H and O–H groups in total. The van der Waals surface area contributed by atoms with Crippen molar-refractivity contribution in [3.63, 3.8) is 0 Å². The summed E-state index contributed by atoms with van der Waals surface area (Å²) in [5.41, 5.74) is 4.09. The number of anilines is 1. The molecular formula is C31H29FN2O2S. The van der Waals surface area contributed by atoms with Gasteiger partial charge in [0.25, 0.3) is 11.8 Å². The van der Waals surface area contributed by atoms with E-state index in [0.29, 0.717) is 22.6 Å². The first-order valence-electron chi connectivity index (χ1n) is 12.7. The first kappa shape index (κ1) is 25.0. The maximum absolute atomic E-state index is 14.4. The summed E-state index contributed by atoms with van der Waals surface area (Å²) in [7, 11) is 0. The van der Waals surface area contributed by atoms with Crippen molar-refractivity contribution >= 4 is 35.3 Å². The Hall–Kier alpha value is -3.64. The van der Waals surface area contributed by atoms with Gasteiger partial charge in [-0.3, -0.25) is 9.59 Å². The van der Waals surface area contributed by atoms with Crippen molar-refractivity contribution in [1.29, 1.82) is 0 Å². The highest BCUT2D eigenvalue weighted by Gasteiger charge is 2.29. The van der Waals surface area contributed by atoms with Crippen molar-refractivity contribution in [1.82, 2.24) is 5.32 Å². The van der Waals surface area contributed by atoms with Crippen molar-refractivity contribution in [2.75, 3.05) is 11.4 Å². The third kappa shape index (κ3) is 6.03. The molecule has 2 aliphatic rings. The van der Waals surface area contributed by atoms with Crippen molar-refractivity contribution in [3.05, 3.63) is 112 Å². The highest BCUT2D eigenvalue weighted by molar-refractivity contribution is 8.04. The van der Waals surface area contributed by atoms with Gasteiger partial charge in [0.2, 0.25) is 0 Å². The van der Waals surface area contributed by atoms with Crippen LogP contribution in [-0.4, -0.2) is 18.4 Å².